The number of unbranched alkanes of at least 4 members (excludes halogenated alkanes) is 2. The summed E-state index contributed by atoms with van der Waals surface area (Å²) in [6.07, 6.45) is 6.82. The maximum Gasteiger partial charge on any atom is 0.261 e. The highest BCUT2D eigenvalue weighted by Gasteiger charge is 2.11. The van der Waals surface area contributed by atoms with Crippen LogP contribution in [0, 0.1) is 0 Å². The zero-order valence-electron chi connectivity index (χ0n) is 14.0. The monoisotopic (exact) mass is 354 g/mol. The fourth-order valence-electron chi connectivity index (χ4n) is 2.54. The zero-order chi connectivity index (χ0) is 17.5. The number of nitrogens with one attached hydrogen (secondary N) is 1. The number of hydrogen-bond donors (Lipinski definition) is 2. The van der Waals surface area contributed by atoms with Crippen molar-refractivity contribution in [3.63, 3.8) is 0 Å². The second kappa shape index (κ2) is 8.60. The number of nitrogens with zero attached hydrogens (tertiary/aromatic N) is 2. The van der Waals surface area contributed by atoms with E-state index in [2.05, 4.69) is 10.4 Å². The molecular weight excluding hydrogens is 332 g/mol. The maximum absolute atomic E-state index is 12.2. The van der Waals surface area contributed by atoms with E-state index < -0.39 is 0 Å². The first-order valence-corrected chi connectivity index (χ1v) is 9.33. The van der Waals surface area contributed by atoms with Crippen molar-refractivity contribution < 1.29 is 4.79 Å². The Hall–Kier alpha value is -2.44. The molecule has 2 aromatic heterocycles. The van der Waals surface area contributed by atoms with E-state index in [-0.39, 0.29) is 5.91 Å². The summed E-state index contributed by atoms with van der Waals surface area (Å²) in [5.41, 5.74) is 8.50. The predicted molar refractivity (Wildman–Crippen MR) is 102 cm³/mol. The van der Waals surface area contributed by atoms with Gasteiger partial charge in [0.2, 0.25) is 0 Å². The van der Waals surface area contributed by atoms with Crippen LogP contribution in [0.25, 0.3) is 16.8 Å². The number of para-hydroxylation sites is 1. The maximum atomic E-state index is 12.2. The lowest BCUT2D eigenvalue weighted by atomic mass is 10.2. The van der Waals surface area contributed by atoms with Gasteiger partial charge in [0.15, 0.2) is 0 Å². The number of nitrogens with two attached hydrogens (primary N) is 1. The third-order valence-electron chi connectivity index (χ3n) is 3.93. The molecule has 1 amide bonds. The van der Waals surface area contributed by atoms with E-state index in [1.165, 1.54) is 11.3 Å². The molecule has 0 spiro atoms. The lowest BCUT2D eigenvalue weighted by molar-refractivity contribution is 0.0957. The Labute approximate surface area is 151 Å². The summed E-state index contributed by atoms with van der Waals surface area (Å²) < 4.78 is 1.84. The number of rotatable bonds is 8. The molecule has 0 aliphatic rings. The topological polar surface area (TPSA) is 72.9 Å². The number of carbonyl (C=O) groups excluding carboxylic acids is 1. The normalized spacial score (nSPS) is 10.8. The number of benzene rings is 1. The Morgan fingerprint density at radius 2 is 2.00 bits per heavy atom. The predicted octanol–water partition coefficient (Wildman–Crippen LogP) is 3.46. The second-order valence-electron chi connectivity index (χ2n) is 5.81. The van der Waals surface area contributed by atoms with Crippen LogP contribution in [-0.4, -0.2) is 28.8 Å². The van der Waals surface area contributed by atoms with Crippen LogP contribution in [0.2, 0.25) is 0 Å². The van der Waals surface area contributed by atoms with Crippen molar-refractivity contribution in [2.45, 2.75) is 19.3 Å². The summed E-state index contributed by atoms with van der Waals surface area (Å²) in [7, 11) is 0. The highest BCUT2D eigenvalue weighted by atomic mass is 32.1. The molecule has 0 saturated carbocycles. The molecule has 25 heavy (non-hydrogen) atoms. The van der Waals surface area contributed by atoms with Gasteiger partial charge >= 0.3 is 0 Å². The summed E-state index contributed by atoms with van der Waals surface area (Å²) in [5, 5.41) is 9.36. The smallest absolute Gasteiger partial charge is 0.261 e. The number of amides is 1. The van der Waals surface area contributed by atoms with Crippen molar-refractivity contribution in [2.75, 3.05) is 13.1 Å². The molecular formula is C19H22N4OS. The van der Waals surface area contributed by atoms with E-state index in [9.17, 15) is 4.79 Å². The van der Waals surface area contributed by atoms with Crippen molar-refractivity contribution in [1.29, 1.82) is 0 Å². The highest BCUT2D eigenvalue weighted by Crippen LogP contribution is 2.26. The number of aromatic nitrogens is 2. The molecule has 0 radical (unpaired) electrons. The van der Waals surface area contributed by atoms with Crippen LogP contribution in [0.4, 0.5) is 0 Å². The minimum absolute atomic E-state index is 0.0144. The third kappa shape index (κ3) is 4.55. The van der Waals surface area contributed by atoms with Crippen molar-refractivity contribution in [3.8, 4) is 16.8 Å². The Morgan fingerprint density at radius 3 is 2.80 bits per heavy atom. The largest absolute Gasteiger partial charge is 0.351 e. The van der Waals surface area contributed by atoms with Gasteiger partial charge in [0.05, 0.1) is 16.8 Å². The summed E-state index contributed by atoms with van der Waals surface area (Å²) in [6.45, 7) is 1.40. The molecule has 6 heteroatoms. The molecule has 130 valence electrons. The molecule has 0 aliphatic carbocycles. The second-order valence-corrected chi connectivity index (χ2v) is 6.73. The van der Waals surface area contributed by atoms with Gasteiger partial charge in [0.1, 0.15) is 0 Å². The van der Waals surface area contributed by atoms with Gasteiger partial charge < -0.3 is 11.1 Å². The molecule has 1 aromatic carbocycles. The summed E-state index contributed by atoms with van der Waals surface area (Å²) >= 11 is 1.46. The Kier molecular flexibility index (Phi) is 5.98. The van der Waals surface area contributed by atoms with Crippen LogP contribution in [0.1, 0.15) is 28.9 Å². The Balaban J connectivity index is 1.62. The average Bonchev–Trinajstić information content (AvgIpc) is 3.31. The van der Waals surface area contributed by atoms with E-state index in [0.717, 1.165) is 41.0 Å². The highest BCUT2D eigenvalue weighted by molar-refractivity contribution is 7.12. The standard InChI is InChI=1S/C19H22N4OS/c20-9-5-2-6-10-21-19(24)18-11-15(14-25-18)16-12-22-23(13-16)17-7-3-1-4-8-17/h1,3-4,7-8,11-14H,2,5-6,9-10,20H2,(H,21,24). The molecule has 0 bridgehead atoms. The fraction of sp³-hybridized carbons (Fsp3) is 0.263. The first-order valence-electron chi connectivity index (χ1n) is 8.45. The molecule has 0 atom stereocenters. The van der Waals surface area contributed by atoms with Crippen LogP contribution in [0.5, 0.6) is 0 Å². The fourth-order valence-corrected chi connectivity index (χ4v) is 3.37. The minimum Gasteiger partial charge on any atom is -0.351 e. The molecule has 3 N–H and O–H groups in total. The van der Waals surface area contributed by atoms with Gasteiger partial charge in [0.25, 0.3) is 5.91 Å². The quantitative estimate of drug-likeness (QED) is 0.609. The summed E-state index contributed by atoms with van der Waals surface area (Å²) in [5.74, 6) is -0.0144. The van der Waals surface area contributed by atoms with Crippen molar-refractivity contribution >= 4 is 17.2 Å². The number of hydrogen-bond acceptors (Lipinski definition) is 4. The lowest BCUT2D eigenvalue weighted by Crippen LogP contribution is -2.23. The summed E-state index contributed by atoms with van der Waals surface area (Å²) in [4.78, 5) is 12.9. The van der Waals surface area contributed by atoms with E-state index in [4.69, 9.17) is 5.73 Å². The van der Waals surface area contributed by atoms with Crippen LogP contribution in [0.15, 0.2) is 54.2 Å². The Bertz CT molecular complexity index is 810. The van der Waals surface area contributed by atoms with Gasteiger partial charge in [-0.1, -0.05) is 24.6 Å². The first-order chi connectivity index (χ1) is 12.3. The first kappa shape index (κ1) is 17.4. The van der Waals surface area contributed by atoms with E-state index >= 15 is 0 Å². The van der Waals surface area contributed by atoms with E-state index in [1.54, 1.807) is 0 Å². The molecule has 0 saturated heterocycles. The molecule has 3 rings (SSSR count). The van der Waals surface area contributed by atoms with E-state index in [0.29, 0.717) is 13.1 Å². The van der Waals surface area contributed by atoms with Gasteiger partial charge in [-0.15, -0.1) is 11.3 Å². The van der Waals surface area contributed by atoms with Crippen LogP contribution < -0.4 is 11.1 Å². The molecule has 0 fully saturated rings. The molecule has 0 aliphatic heterocycles. The SMILES string of the molecule is NCCCCCNC(=O)c1cc(-c2cnn(-c3ccccc3)c2)cs1. The van der Waals surface area contributed by atoms with Gasteiger partial charge in [-0.25, -0.2) is 4.68 Å². The van der Waals surface area contributed by atoms with Gasteiger partial charge in [-0.2, -0.15) is 5.10 Å². The molecule has 3 aromatic rings. The molecule has 5 nitrogen and oxygen atoms in total. The van der Waals surface area contributed by atoms with Gasteiger partial charge in [-0.05, 0) is 48.5 Å². The Morgan fingerprint density at radius 1 is 1.16 bits per heavy atom. The number of thiophene rings is 1. The third-order valence-corrected chi connectivity index (χ3v) is 4.86. The molecule has 0 unspecified atom stereocenters. The van der Waals surface area contributed by atoms with Gasteiger partial charge in [0, 0.05) is 18.3 Å². The van der Waals surface area contributed by atoms with Crippen molar-refractivity contribution in [3.05, 3.63) is 59.0 Å². The average molecular weight is 354 g/mol. The minimum atomic E-state index is -0.0144. The van der Waals surface area contributed by atoms with Crippen LogP contribution in [-0.2, 0) is 0 Å². The van der Waals surface area contributed by atoms with Crippen LogP contribution >= 0.6 is 11.3 Å². The van der Waals surface area contributed by atoms with Gasteiger partial charge in [-0.3, -0.25) is 4.79 Å². The van der Waals surface area contributed by atoms with Crippen LogP contribution in [0.3, 0.4) is 0 Å². The molecule has 2 heterocycles. The van der Waals surface area contributed by atoms with Crippen molar-refractivity contribution in [1.82, 2.24) is 15.1 Å². The zero-order valence-corrected chi connectivity index (χ0v) is 14.8. The number of carbonyl (C=O) groups is 1. The van der Waals surface area contributed by atoms with Crippen molar-refractivity contribution in [2.24, 2.45) is 5.73 Å². The van der Waals surface area contributed by atoms with E-state index in [1.807, 2.05) is 58.9 Å². The summed E-state index contributed by atoms with van der Waals surface area (Å²) in [6, 6.07) is 11.9. The lowest BCUT2D eigenvalue weighted by Gasteiger charge is -2.02.